The van der Waals surface area contributed by atoms with Gasteiger partial charge in [-0.15, -0.1) is 0 Å². The molecular formula is C24H30N4O3. The Bertz CT molecular complexity index is 994. The van der Waals surface area contributed by atoms with E-state index in [1.54, 1.807) is 0 Å². The molecule has 1 saturated heterocycles. The van der Waals surface area contributed by atoms with Crippen molar-refractivity contribution in [3.05, 3.63) is 60.4 Å². The molecule has 0 aliphatic carbocycles. The van der Waals surface area contributed by atoms with Crippen molar-refractivity contribution in [1.82, 2.24) is 19.8 Å². The van der Waals surface area contributed by atoms with Gasteiger partial charge in [-0.25, -0.2) is 4.98 Å². The Morgan fingerprint density at radius 1 is 1.10 bits per heavy atom. The first kappa shape index (κ1) is 21.3. The maximum absolute atomic E-state index is 12.7. The third-order valence-corrected chi connectivity index (χ3v) is 5.39. The lowest BCUT2D eigenvalue weighted by Gasteiger charge is -2.35. The number of morpholine rings is 1. The van der Waals surface area contributed by atoms with Crippen molar-refractivity contribution in [2.45, 2.75) is 39.2 Å². The molecule has 0 bridgehead atoms. The highest BCUT2D eigenvalue weighted by atomic mass is 16.5. The number of nitrogens with one attached hydrogen (secondary N) is 1. The van der Waals surface area contributed by atoms with Crippen LogP contribution in [0.2, 0.25) is 0 Å². The molecule has 0 spiro atoms. The summed E-state index contributed by atoms with van der Waals surface area (Å²) in [5, 5.41) is 3.05. The highest BCUT2D eigenvalue weighted by Crippen LogP contribution is 2.18. The topological polar surface area (TPSA) is 68.6 Å². The molecular weight excluding hydrogens is 392 g/mol. The number of carbonyl (C=O) groups excluding carboxylic acids is 1. The summed E-state index contributed by atoms with van der Waals surface area (Å²) in [4.78, 5) is 19.7. The number of nitrogens with zero attached hydrogens (tertiary/aromatic N) is 3. The second-order valence-electron chi connectivity index (χ2n) is 8.07. The van der Waals surface area contributed by atoms with Crippen molar-refractivity contribution in [3.8, 4) is 5.75 Å². The summed E-state index contributed by atoms with van der Waals surface area (Å²) in [6.07, 6.45) is 0.452. The maximum atomic E-state index is 12.7. The van der Waals surface area contributed by atoms with Gasteiger partial charge < -0.3 is 19.4 Å². The first-order chi connectivity index (χ1) is 15.1. The summed E-state index contributed by atoms with van der Waals surface area (Å²) in [6.45, 7) is 7.91. The highest BCUT2D eigenvalue weighted by molar-refractivity contribution is 5.81. The number of amides is 1. The molecule has 2 aromatic carbocycles. The molecule has 7 nitrogen and oxygen atoms in total. The van der Waals surface area contributed by atoms with Crippen LogP contribution in [-0.4, -0.2) is 58.7 Å². The van der Waals surface area contributed by atoms with Crippen LogP contribution in [0, 0.1) is 0 Å². The zero-order chi connectivity index (χ0) is 21.6. The summed E-state index contributed by atoms with van der Waals surface area (Å²) in [7, 11) is 0. The Morgan fingerprint density at radius 3 is 2.58 bits per heavy atom. The van der Waals surface area contributed by atoms with Crippen LogP contribution in [-0.2, 0) is 22.7 Å². The summed E-state index contributed by atoms with van der Waals surface area (Å²) in [5.74, 6) is 1.48. The Morgan fingerprint density at radius 2 is 1.81 bits per heavy atom. The molecule has 2 unspecified atom stereocenters. The van der Waals surface area contributed by atoms with Gasteiger partial charge in [0, 0.05) is 26.2 Å². The minimum atomic E-state index is -0.0292. The molecule has 4 rings (SSSR count). The van der Waals surface area contributed by atoms with Crippen molar-refractivity contribution in [2.75, 3.05) is 26.2 Å². The van der Waals surface area contributed by atoms with E-state index in [9.17, 15) is 4.79 Å². The minimum Gasteiger partial charge on any atom is -0.486 e. The Kier molecular flexibility index (Phi) is 6.84. The van der Waals surface area contributed by atoms with E-state index in [-0.39, 0.29) is 24.7 Å². The van der Waals surface area contributed by atoms with Crippen LogP contribution in [0.25, 0.3) is 11.0 Å². The zero-order valence-corrected chi connectivity index (χ0v) is 18.2. The molecule has 2 heterocycles. The third kappa shape index (κ3) is 5.62. The fraction of sp³-hybridized carbons (Fsp3) is 0.417. The van der Waals surface area contributed by atoms with Gasteiger partial charge >= 0.3 is 0 Å². The van der Waals surface area contributed by atoms with Crippen LogP contribution in [0.3, 0.4) is 0 Å². The molecule has 1 fully saturated rings. The lowest BCUT2D eigenvalue weighted by Crippen LogP contribution is -2.48. The number of carbonyl (C=O) groups is 1. The molecule has 0 radical (unpaired) electrons. The van der Waals surface area contributed by atoms with Crippen molar-refractivity contribution in [3.63, 3.8) is 0 Å². The fourth-order valence-electron chi connectivity index (χ4n) is 4.10. The van der Waals surface area contributed by atoms with Crippen molar-refractivity contribution in [1.29, 1.82) is 0 Å². The lowest BCUT2D eigenvalue weighted by atomic mass is 10.2. The molecule has 1 N–H and O–H groups in total. The highest BCUT2D eigenvalue weighted by Gasteiger charge is 2.22. The quantitative estimate of drug-likeness (QED) is 0.605. The Hall–Kier alpha value is -2.90. The van der Waals surface area contributed by atoms with Gasteiger partial charge in [-0.2, -0.15) is 0 Å². The van der Waals surface area contributed by atoms with Crippen molar-refractivity contribution < 1.29 is 14.3 Å². The van der Waals surface area contributed by atoms with Crippen LogP contribution in [0.4, 0.5) is 0 Å². The smallest absolute Gasteiger partial charge is 0.240 e. The molecule has 7 heteroatoms. The van der Waals surface area contributed by atoms with Crippen LogP contribution in [0.5, 0.6) is 5.75 Å². The number of hydrogen-bond donors (Lipinski definition) is 1. The van der Waals surface area contributed by atoms with Gasteiger partial charge in [0.1, 0.15) is 24.7 Å². The van der Waals surface area contributed by atoms with Gasteiger partial charge in [0.2, 0.25) is 5.91 Å². The molecule has 1 amide bonds. The van der Waals surface area contributed by atoms with Gasteiger partial charge in [0.05, 0.1) is 23.2 Å². The number of fused-ring (bicyclic) bond motifs is 1. The molecule has 164 valence electrons. The van der Waals surface area contributed by atoms with E-state index >= 15 is 0 Å². The number of benzene rings is 2. The average Bonchev–Trinajstić information content (AvgIpc) is 3.10. The molecule has 2 atom stereocenters. The summed E-state index contributed by atoms with van der Waals surface area (Å²) in [6, 6.07) is 17.5. The van der Waals surface area contributed by atoms with Gasteiger partial charge in [-0.3, -0.25) is 9.69 Å². The van der Waals surface area contributed by atoms with E-state index < -0.39 is 0 Å². The number of ether oxygens (including phenoxy) is 2. The second kappa shape index (κ2) is 9.94. The molecule has 31 heavy (non-hydrogen) atoms. The zero-order valence-electron chi connectivity index (χ0n) is 18.2. The number of rotatable bonds is 8. The first-order valence-corrected chi connectivity index (χ1v) is 10.8. The average molecular weight is 423 g/mol. The number of hydrogen-bond acceptors (Lipinski definition) is 5. The predicted octanol–water partition coefficient (Wildman–Crippen LogP) is 2.84. The number of aromatic nitrogens is 2. The van der Waals surface area contributed by atoms with Crippen LogP contribution >= 0.6 is 0 Å². The van der Waals surface area contributed by atoms with Crippen molar-refractivity contribution in [2.24, 2.45) is 0 Å². The summed E-state index contributed by atoms with van der Waals surface area (Å²) in [5.41, 5.74) is 1.79. The van der Waals surface area contributed by atoms with E-state index in [0.29, 0.717) is 13.2 Å². The van der Waals surface area contributed by atoms with Gasteiger partial charge in [0.15, 0.2) is 0 Å². The van der Waals surface area contributed by atoms with E-state index in [0.717, 1.165) is 42.2 Å². The number of imidazole rings is 1. The predicted molar refractivity (Wildman–Crippen MR) is 120 cm³/mol. The van der Waals surface area contributed by atoms with Crippen LogP contribution < -0.4 is 10.1 Å². The monoisotopic (exact) mass is 422 g/mol. The minimum absolute atomic E-state index is 0.0292. The largest absolute Gasteiger partial charge is 0.486 e. The van der Waals surface area contributed by atoms with E-state index in [1.807, 2.05) is 59.2 Å². The lowest BCUT2D eigenvalue weighted by molar-refractivity contribution is -0.121. The molecule has 0 saturated carbocycles. The SMILES string of the molecule is CC1CN(CCNC(=O)Cn2c(COc3ccccc3)nc3ccccc32)CC(C)O1. The third-order valence-electron chi connectivity index (χ3n) is 5.39. The molecule has 1 aliphatic rings. The maximum Gasteiger partial charge on any atom is 0.240 e. The van der Waals surface area contributed by atoms with Crippen LogP contribution in [0.15, 0.2) is 54.6 Å². The van der Waals surface area contributed by atoms with Crippen LogP contribution in [0.1, 0.15) is 19.7 Å². The van der Waals surface area contributed by atoms with Gasteiger partial charge in [0.25, 0.3) is 0 Å². The summed E-state index contributed by atoms with van der Waals surface area (Å²) < 4.78 is 13.6. The Labute approximate surface area is 183 Å². The molecule has 1 aliphatic heterocycles. The Balaban J connectivity index is 1.38. The van der Waals surface area contributed by atoms with E-state index in [4.69, 9.17) is 9.47 Å². The van der Waals surface area contributed by atoms with Gasteiger partial charge in [-0.1, -0.05) is 30.3 Å². The van der Waals surface area contributed by atoms with Gasteiger partial charge in [-0.05, 0) is 38.1 Å². The normalized spacial score (nSPS) is 19.4. The fourth-order valence-corrected chi connectivity index (χ4v) is 4.10. The standard InChI is InChI=1S/C24H30N4O3/c1-18-14-27(15-19(2)31-18)13-12-25-24(29)16-28-22-11-7-6-10-21(22)26-23(28)17-30-20-8-4-3-5-9-20/h3-11,18-19H,12-17H2,1-2H3,(H,25,29). The van der Waals surface area contributed by atoms with Crippen molar-refractivity contribution >= 4 is 16.9 Å². The summed E-state index contributed by atoms with van der Waals surface area (Å²) >= 11 is 0. The molecule has 3 aromatic rings. The van der Waals surface area contributed by atoms with E-state index in [1.165, 1.54) is 0 Å². The first-order valence-electron chi connectivity index (χ1n) is 10.8. The van der Waals surface area contributed by atoms with E-state index in [2.05, 4.69) is 29.0 Å². The second-order valence-corrected chi connectivity index (χ2v) is 8.07. The molecule has 1 aromatic heterocycles. The number of para-hydroxylation sites is 3.